The second kappa shape index (κ2) is 12.0. The summed E-state index contributed by atoms with van der Waals surface area (Å²) in [6, 6.07) is 0. The van der Waals surface area contributed by atoms with Crippen LogP contribution in [0, 0.1) is 46.3 Å². The summed E-state index contributed by atoms with van der Waals surface area (Å²) in [6.45, 7) is 10.4. The summed E-state index contributed by atoms with van der Waals surface area (Å²) in [4.78, 5) is 29.7. The van der Waals surface area contributed by atoms with E-state index in [4.69, 9.17) is 24.0 Å². The molecule has 10 heteroatoms. The normalized spacial score (nSPS) is 42.9. The van der Waals surface area contributed by atoms with Crippen LogP contribution < -0.4 is 0 Å². The molecule has 4 aliphatic carbocycles. The molecule has 0 aromatic heterocycles. The van der Waals surface area contributed by atoms with Gasteiger partial charge in [0.1, 0.15) is 0 Å². The van der Waals surface area contributed by atoms with Crippen molar-refractivity contribution in [3.05, 3.63) is 0 Å². The lowest BCUT2D eigenvalue weighted by atomic mass is 9.43. The third-order valence-corrected chi connectivity index (χ3v) is 11.9. The van der Waals surface area contributed by atoms with Gasteiger partial charge in [-0.1, -0.05) is 20.8 Å². The Morgan fingerprint density at radius 3 is 2.41 bits per heavy atom. The van der Waals surface area contributed by atoms with Gasteiger partial charge >= 0.3 is 13.8 Å². The standard InChI is InChI=1S/C29H51O9P/c1-17(2)38-20-11-12-28(4)19(13-20)14-24(35-6)27-22-9-8-21(29(22,5)25(30)15-23(27)28)18(3)7-10-26(31)36-16-37-39(32,33)34/h17-25,27,30H,7-16H2,1-6H3,(H2,32,33,34). The molecule has 11 atom stereocenters. The number of fused-ring (bicyclic) bond motifs is 5. The van der Waals surface area contributed by atoms with E-state index in [1.165, 1.54) is 0 Å². The number of carbonyl (C=O) groups is 1. The van der Waals surface area contributed by atoms with Gasteiger partial charge in [-0.25, -0.2) is 9.09 Å². The maximum absolute atomic E-state index is 12.2. The van der Waals surface area contributed by atoms with Crippen LogP contribution in [-0.4, -0.2) is 59.2 Å². The van der Waals surface area contributed by atoms with Gasteiger partial charge in [-0.05, 0) is 112 Å². The summed E-state index contributed by atoms with van der Waals surface area (Å²) in [7, 11) is -2.82. The fourth-order valence-electron chi connectivity index (χ4n) is 9.63. The lowest BCUT2D eigenvalue weighted by Gasteiger charge is -2.64. The third kappa shape index (κ3) is 6.30. The molecule has 0 heterocycles. The largest absolute Gasteiger partial charge is 0.472 e. The molecule has 4 fully saturated rings. The molecule has 4 rings (SSSR count). The Morgan fingerprint density at radius 2 is 1.77 bits per heavy atom. The van der Waals surface area contributed by atoms with E-state index in [0.717, 1.165) is 44.9 Å². The summed E-state index contributed by atoms with van der Waals surface area (Å²) in [5.41, 5.74) is -0.0621. The maximum atomic E-state index is 12.2. The smallest absolute Gasteiger partial charge is 0.438 e. The number of hydrogen-bond donors (Lipinski definition) is 3. The number of rotatable bonds is 10. The van der Waals surface area contributed by atoms with Crippen molar-refractivity contribution in [2.45, 2.75) is 117 Å². The summed E-state index contributed by atoms with van der Waals surface area (Å²) in [6.07, 6.45) is 8.27. The molecule has 39 heavy (non-hydrogen) atoms. The van der Waals surface area contributed by atoms with Crippen molar-refractivity contribution < 1.29 is 43.0 Å². The second-order valence-corrected chi connectivity index (χ2v) is 14.9. The minimum Gasteiger partial charge on any atom is -0.438 e. The number of phosphoric ester groups is 1. The van der Waals surface area contributed by atoms with Crippen LogP contribution >= 0.6 is 7.82 Å². The fraction of sp³-hybridized carbons (Fsp3) is 0.966. The zero-order chi connectivity index (χ0) is 28.8. The van der Waals surface area contributed by atoms with E-state index in [9.17, 15) is 14.5 Å². The van der Waals surface area contributed by atoms with E-state index >= 15 is 0 Å². The average molecular weight is 575 g/mol. The molecule has 4 saturated carbocycles. The molecular formula is C29H51O9P. The number of hydrogen-bond acceptors (Lipinski definition) is 7. The number of aliphatic hydroxyl groups is 1. The lowest BCUT2D eigenvalue weighted by Crippen LogP contribution is -2.62. The minimum absolute atomic E-state index is 0.144. The highest BCUT2D eigenvalue weighted by Crippen LogP contribution is 2.68. The highest BCUT2D eigenvalue weighted by Gasteiger charge is 2.66. The highest BCUT2D eigenvalue weighted by atomic mass is 31.2. The highest BCUT2D eigenvalue weighted by molar-refractivity contribution is 7.46. The van der Waals surface area contributed by atoms with Gasteiger partial charge in [-0.3, -0.25) is 4.79 Å². The minimum atomic E-state index is -4.67. The predicted octanol–water partition coefficient (Wildman–Crippen LogP) is 5.06. The second-order valence-electron chi connectivity index (χ2n) is 13.7. The lowest BCUT2D eigenvalue weighted by molar-refractivity contribution is -0.215. The Kier molecular flexibility index (Phi) is 9.65. The number of ether oxygens (including phenoxy) is 3. The Balaban J connectivity index is 1.45. The monoisotopic (exact) mass is 574 g/mol. The van der Waals surface area contributed by atoms with Gasteiger partial charge in [0.05, 0.1) is 24.4 Å². The van der Waals surface area contributed by atoms with Crippen LogP contribution in [0.5, 0.6) is 0 Å². The molecule has 4 aliphatic rings. The van der Waals surface area contributed by atoms with Crippen molar-refractivity contribution in [3.63, 3.8) is 0 Å². The first-order valence-electron chi connectivity index (χ1n) is 14.9. The summed E-state index contributed by atoms with van der Waals surface area (Å²) in [5, 5.41) is 11.9. The summed E-state index contributed by atoms with van der Waals surface area (Å²) >= 11 is 0. The zero-order valence-corrected chi connectivity index (χ0v) is 25.5. The van der Waals surface area contributed by atoms with E-state index in [2.05, 4.69) is 39.1 Å². The molecule has 11 unspecified atom stereocenters. The van der Waals surface area contributed by atoms with Gasteiger partial charge in [0.2, 0.25) is 6.79 Å². The van der Waals surface area contributed by atoms with Crippen molar-refractivity contribution >= 4 is 13.8 Å². The van der Waals surface area contributed by atoms with E-state index < -0.39 is 26.7 Å². The van der Waals surface area contributed by atoms with E-state index in [1.807, 2.05) is 7.11 Å². The van der Waals surface area contributed by atoms with Crippen molar-refractivity contribution in [1.82, 2.24) is 0 Å². The molecule has 226 valence electrons. The number of aliphatic hydroxyl groups excluding tert-OH is 1. The molecular weight excluding hydrogens is 523 g/mol. The molecule has 0 aromatic rings. The van der Waals surface area contributed by atoms with E-state index in [0.29, 0.717) is 36.2 Å². The van der Waals surface area contributed by atoms with Crippen molar-refractivity contribution in [1.29, 1.82) is 0 Å². The van der Waals surface area contributed by atoms with Crippen LogP contribution in [0.2, 0.25) is 0 Å². The number of methoxy groups -OCH3 is 1. The Bertz CT molecular complexity index is 907. The average Bonchev–Trinajstić information content (AvgIpc) is 3.20. The molecule has 0 bridgehead atoms. The number of carbonyl (C=O) groups excluding carboxylic acids is 1. The van der Waals surface area contributed by atoms with Crippen molar-refractivity contribution in [3.8, 4) is 0 Å². The summed E-state index contributed by atoms with van der Waals surface area (Å²) < 4.78 is 32.3. The third-order valence-electron chi connectivity index (χ3n) is 11.5. The van der Waals surface area contributed by atoms with Crippen LogP contribution in [0.4, 0.5) is 0 Å². The van der Waals surface area contributed by atoms with Gasteiger partial charge in [0.15, 0.2) is 0 Å². The van der Waals surface area contributed by atoms with Crippen molar-refractivity contribution in [2.24, 2.45) is 46.3 Å². The zero-order valence-electron chi connectivity index (χ0n) is 24.6. The number of phosphoric acid groups is 1. The van der Waals surface area contributed by atoms with Gasteiger partial charge in [0.25, 0.3) is 0 Å². The maximum Gasteiger partial charge on any atom is 0.472 e. The van der Waals surface area contributed by atoms with Gasteiger partial charge in [-0.2, -0.15) is 0 Å². The Hall–Kier alpha value is -0.540. The van der Waals surface area contributed by atoms with Crippen LogP contribution in [0.3, 0.4) is 0 Å². The van der Waals surface area contributed by atoms with Gasteiger partial charge in [0, 0.05) is 13.5 Å². The molecule has 0 aromatic carbocycles. The molecule has 0 saturated heterocycles. The predicted molar refractivity (Wildman–Crippen MR) is 145 cm³/mol. The Labute approximate surface area is 233 Å². The van der Waals surface area contributed by atoms with Crippen LogP contribution in [0.1, 0.15) is 92.4 Å². The van der Waals surface area contributed by atoms with Gasteiger partial charge in [-0.15, -0.1) is 0 Å². The molecule has 0 amide bonds. The first kappa shape index (κ1) is 31.4. The number of esters is 1. The fourth-order valence-corrected chi connectivity index (χ4v) is 9.82. The quantitative estimate of drug-likeness (QED) is 0.186. The first-order chi connectivity index (χ1) is 18.2. The van der Waals surface area contributed by atoms with E-state index in [1.54, 1.807) is 0 Å². The van der Waals surface area contributed by atoms with Crippen LogP contribution in [-0.2, 0) is 28.1 Å². The molecule has 0 spiro atoms. The van der Waals surface area contributed by atoms with Crippen molar-refractivity contribution in [2.75, 3.05) is 13.9 Å². The van der Waals surface area contributed by atoms with Crippen LogP contribution in [0.15, 0.2) is 0 Å². The SMILES string of the molecule is COC1CC2CC(OC(C)C)CCC2(C)C2CC(O)C3(C)C(C(C)CCC(=O)OCOP(=O)(O)O)CCC3C12. The summed E-state index contributed by atoms with van der Waals surface area (Å²) in [5.74, 6) is 1.67. The first-order valence-corrected chi connectivity index (χ1v) is 16.5. The van der Waals surface area contributed by atoms with E-state index in [-0.39, 0.29) is 41.3 Å². The van der Waals surface area contributed by atoms with Crippen LogP contribution in [0.25, 0.3) is 0 Å². The molecule has 0 aliphatic heterocycles. The molecule has 0 radical (unpaired) electrons. The van der Waals surface area contributed by atoms with Gasteiger partial charge < -0.3 is 29.1 Å². The topological polar surface area (TPSA) is 132 Å². The molecule has 3 N–H and O–H groups in total. The Morgan fingerprint density at radius 1 is 1.05 bits per heavy atom. The molecule has 9 nitrogen and oxygen atoms in total.